The van der Waals surface area contributed by atoms with Gasteiger partial charge in [0.25, 0.3) is 0 Å². The first-order valence-electron chi connectivity index (χ1n) is 5.56. The molecule has 0 aliphatic carbocycles. The lowest BCUT2D eigenvalue weighted by Gasteiger charge is -2.19. The van der Waals surface area contributed by atoms with Crippen molar-refractivity contribution in [2.24, 2.45) is 0 Å². The molecule has 0 aromatic carbocycles. The van der Waals surface area contributed by atoms with Gasteiger partial charge in [-0.25, -0.2) is 0 Å². The molecule has 2 atom stereocenters. The Morgan fingerprint density at radius 3 is 2.75 bits per heavy atom. The van der Waals surface area contributed by atoms with Crippen LogP contribution in [-0.4, -0.2) is 53.5 Å². The maximum absolute atomic E-state index is 9.71. The highest BCUT2D eigenvalue weighted by Gasteiger charge is 2.12. The third-order valence-corrected chi connectivity index (χ3v) is 2.57. The third-order valence-electron chi connectivity index (χ3n) is 2.57. The molecule has 16 heavy (non-hydrogen) atoms. The van der Waals surface area contributed by atoms with Crippen LogP contribution in [0.1, 0.15) is 24.2 Å². The molecular formula is C11H22N4O. The van der Waals surface area contributed by atoms with Crippen molar-refractivity contribution in [2.45, 2.75) is 26.0 Å². The largest absolute Gasteiger partial charge is 0.390 e. The molecule has 1 aromatic rings. The van der Waals surface area contributed by atoms with E-state index in [1.807, 2.05) is 32.1 Å². The lowest BCUT2D eigenvalue weighted by molar-refractivity contribution is 0.132. The highest BCUT2D eigenvalue weighted by Crippen LogP contribution is 2.13. The molecule has 3 N–H and O–H groups in total. The molecule has 0 radical (unpaired) electrons. The van der Waals surface area contributed by atoms with Gasteiger partial charge in [0.2, 0.25) is 0 Å². The number of H-pyrrole nitrogens is 1. The fourth-order valence-corrected chi connectivity index (χ4v) is 1.71. The molecule has 5 heteroatoms. The van der Waals surface area contributed by atoms with Crippen molar-refractivity contribution in [3.8, 4) is 0 Å². The van der Waals surface area contributed by atoms with E-state index in [-0.39, 0.29) is 12.1 Å². The standard InChI is InChI=1S/C11H22N4O/c1-8(11-6-13-14-9(11)2)12-5-10(16)7-15(3)4/h6,8,10,12,16H,5,7H2,1-4H3,(H,13,14). The highest BCUT2D eigenvalue weighted by atomic mass is 16.3. The fourth-order valence-electron chi connectivity index (χ4n) is 1.71. The first kappa shape index (κ1) is 13.2. The van der Waals surface area contributed by atoms with Crippen molar-refractivity contribution in [1.82, 2.24) is 20.4 Å². The van der Waals surface area contributed by atoms with Crippen LogP contribution in [0.4, 0.5) is 0 Å². The number of aliphatic hydroxyl groups excluding tert-OH is 1. The van der Waals surface area contributed by atoms with E-state index >= 15 is 0 Å². The lowest BCUT2D eigenvalue weighted by atomic mass is 10.1. The zero-order valence-corrected chi connectivity index (χ0v) is 10.5. The third kappa shape index (κ3) is 3.92. The summed E-state index contributed by atoms with van der Waals surface area (Å²) in [4.78, 5) is 1.97. The number of nitrogens with zero attached hydrogens (tertiary/aromatic N) is 2. The Balaban J connectivity index is 2.35. The fraction of sp³-hybridized carbons (Fsp3) is 0.727. The van der Waals surface area contributed by atoms with Crippen LogP contribution >= 0.6 is 0 Å². The van der Waals surface area contributed by atoms with Crippen LogP contribution in [0.5, 0.6) is 0 Å². The van der Waals surface area contributed by atoms with Crippen molar-refractivity contribution in [2.75, 3.05) is 27.2 Å². The molecule has 92 valence electrons. The second-order valence-corrected chi connectivity index (χ2v) is 4.50. The topological polar surface area (TPSA) is 64.2 Å². The van der Waals surface area contributed by atoms with Gasteiger partial charge in [-0.2, -0.15) is 5.10 Å². The Morgan fingerprint density at radius 2 is 2.25 bits per heavy atom. The maximum atomic E-state index is 9.71. The number of hydrogen-bond acceptors (Lipinski definition) is 4. The van der Waals surface area contributed by atoms with Gasteiger partial charge >= 0.3 is 0 Å². The number of likely N-dealkylation sites (N-methyl/N-ethyl adjacent to an activating group) is 1. The van der Waals surface area contributed by atoms with Crippen molar-refractivity contribution in [3.05, 3.63) is 17.5 Å². The lowest BCUT2D eigenvalue weighted by Crippen LogP contribution is -2.36. The summed E-state index contributed by atoms with van der Waals surface area (Å²) >= 11 is 0. The Bertz CT molecular complexity index is 311. The molecule has 5 nitrogen and oxygen atoms in total. The highest BCUT2D eigenvalue weighted by molar-refractivity contribution is 5.18. The van der Waals surface area contributed by atoms with E-state index in [2.05, 4.69) is 22.4 Å². The van der Waals surface area contributed by atoms with Gasteiger partial charge in [0.1, 0.15) is 0 Å². The van der Waals surface area contributed by atoms with Gasteiger partial charge in [-0.05, 0) is 27.9 Å². The summed E-state index contributed by atoms with van der Waals surface area (Å²) in [5, 5.41) is 19.9. The molecule has 0 saturated carbocycles. The zero-order valence-electron chi connectivity index (χ0n) is 10.5. The summed E-state index contributed by atoms with van der Waals surface area (Å²) < 4.78 is 0. The smallest absolute Gasteiger partial charge is 0.0791 e. The molecule has 1 rings (SSSR count). The van der Waals surface area contributed by atoms with Crippen molar-refractivity contribution in [1.29, 1.82) is 0 Å². The van der Waals surface area contributed by atoms with Crippen molar-refractivity contribution >= 4 is 0 Å². The molecule has 0 bridgehead atoms. The van der Waals surface area contributed by atoms with E-state index in [0.717, 1.165) is 11.3 Å². The molecular weight excluding hydrogens is 204 g/mol. The number of nitrogens with one attached hydrogen (secondary N) is 2. The van der Waals surface area contributed by atoms with E-state index in [0.29, 0.717) is 13.1 Å². The van der Waals surface area contributed by atoms with Gasteiger partial charge in [-0.3, -0.25) is 5.10 Å². The molecule has 1 heterocycles. The molecule has 0 aliphatic rings. The molecule has 0 amide bonds. The number of rotatable bonds is 6. The summed E-state index contributed by atoms with van der Waals surface area (Å²) in [5.74, 6) is 0. The predicted octanol–water partition coefficient (Wildman–Crippen LogP) is 0.291. The molecule has 0 spiro atoms. The van der Waals surface area contributed by atoms with Crippen LogP contribution in [0, 0.1) is 6.92 Å². The summed E-state index contributed by atoms with van der Waals surface area (Å²) in [5.41, 5.74) is 2.22. The van der Waals surface area contributed by atoms with Gasteiger partial charge in [-0.15, -0.1) is 0 Å². The number of aryl methyl sites for hydroxylation is 1. The number of aromatic amines is 1. The van der Waals surface area contributed by atoms with Crippen molar-refractivity contribution in [3.63, 3.8) is 0 Å². The van der Waals surface area contributed by atoms with Gasteiger partial charge < -0.3 is 15.3 Å². The normalized spacial score (nSPS) is 15.4. The van der Waals surface area contributed by atoms with E-state index in [1.54, 1.807) is 0 Å². The van der Waals surface area contributed by atoms with E-state index in [4.69, 9.17) is 0 Å². The average Bonchev–Trinajstić information content (AvgIpc) is 2.60. The second kappa shape index (κ2) is 5.98. The molecule has 2 unspecified atom stereocenters. The zero-order chi connectivity index (χ0) is 12.1. The monoisotopic (exact) mass is 226 g/mol. The molecule has 0 fully saturated rings. The van der Waals surface area contributed by atoms with Crippen LogP contribution in [0.15, 0.2) is 6.20 Å². The SMILES string of the molecule is Cc1[nH]ncc1C(C)NCC(O)CN(C)C. The van der Waals surface area contributed by atoms with Crippen LogP contribution in [0.3, 0.4) is 0 Å². The maximum Gasteiger partial charge on any atom is 0.0791 e. The Morgan fingerprint density at radius 1 is 1.56 bits per heavy atom. The Kier molecular flexibility index (Phi) is 4.92. The van der Waals surface area contributed by atoms with Gasteiger partial charge in [0.15, 0.2) is 0 Å². The van der Waals surface area contributed by atoms with Crippen LogP contribution in [-0.2, 0) is 0 Å². The molecule has 0 aliphatic heterocycles. The van der Waals surface area contributed by atoms with E-state index < -0.39 is 0 Å². The molecule has 1 aromatic heterocycles. The quantitative estimate of drug-likeness (QED) is 0.652. The summed E-state index contributed by atoms with van der Waals surface area (Å²) in [6, 6.07) is 0.204. The summed E-state index contributed by atoms with van der Waals surface area (Å²) in [6.07, 6.45) is 1.48. The van der Waals surface area contributed by atoms with Crippen LogP contribution < -0.4 is 5.32 Å². The average molecular weight is 226 g/mol. The van der Waals surface area contributed by atoms with Crippen LogP contribution in [0.25, 0.3) is 0 Å². The minimum absolute atomic E-state index is 0.204. The Hall–Kier alpha value is -0.910. The van der Waals surface area contributed by atoms with Crippen LogP contribution in [0.2, 0.25) is 0 Å². The van der Waals surface area contributed by atoms with Gasteiger partial charge in [-0.1, -0.05) is 0 Å². The van der Waals surface area contributed by atoms with E-state index in [1.165, 1.54) is 0 Å². The number of hydrogen-bond donors (Lipinski definition) is 3. The van der Waals surface area contributed by atoms with E-state index in [9.17, 15) is 5.11 Å². The number of aliphatic hydroxyl groups is 1. The number of aromatic nitrogens is 2. The first-order chi connectivity index (χ1) is 7.50. The second-order valence-electron chi connectivity index (χ2n) is 4.50. The summed E-state index contributed by atoms with van der Waals surface area (Å²) in [6.45, 7) is 5.32. The first-order valence-corrected chi connectivity index (χ1v) is 5.56. The van der Waals surface area contributed by atoms with Crippen molar-refractivity contribution < 1.29 is 5.11 Å². The van der Waals surface area contributed by atoms with Gasteiger partial charge in [0, 0.05) is 30.4 Å². The minimum Gasteiger partial charge on any atom is -0.390 e. The molecule has 0 saturated heterocycles. The summed E-state index contributed by atoms with van der Waals surface area (Å²) in [7, 11) is 3.90. The Labute approximate surface area is 96.9 Å². The minimum atomic E-state index is -0.343. The predicted molar refractivity (Wildman–Crippen MR) is 64.3 cm³/mol. The van der Waals surface area contributed by atoms with Gasteiger partial charge in [0.05, 0.1) is 12.3 Å².